The zero-order valence-corrected chi connectivity index (χ0v) is 13.1. The molecule has 1 aromatic carbocycles. The van der Waals surface area contributed by atoms with Gasteiger partial charge in [-0.3, -0.25) is 4.79 Å². The van der Waals surface area contributed by atoms with Crippen molar-refractivity contribution in [2.24, 2.45) is 5.92 Å². The molecule has 24 heavy (non-hydrogen) atoms. The van der Waals surface area contributed by atoms with E-state index in [-0.39, 0.29) is 23.4 Å². The SMILES string of the molecule is O=C(c1ccc(C(F)(F)F)cc1)N1CCCC1C1COCCC1O. The molecule has 2 aliphatic rings. The van der Waals surface area contributed by atoms with E-state index in [0.29, 0.717) is 26.2 Å². The number of aliphatic hydroxyl groups excluding tert-OH is 1. The van der Waals surface area contributed by atoms with Crippen LogP contribution in [0.4, 0.5) is 13.2 Å². The molecule has 4 nitrogen and oxygen atoms in total. The Morgan fingerprint density at radius 1 is 1.21 bits per heavy atom. The first-order valence-electron chi connectivity index (χ1n) is 8.12. The second kappa shape index (κ2) is 6.72. The fraction of sp³-hybridized carbons (Fsp3) is 0.588. The van der Waals surface area contributed by atoms with Gasteiger partial charge in [-0.15, -0.1) is 0 Å². The van der Waals surface area contributed by atoms with Crippen molar-refractivity contribution in [3.05, 3.63) is 35.4 Å². The van der Waals surface area contributed by atoms with Gasteiger partial charge in [0, 0.05) is 30.7 Å². The second-order valence-corrected chi connectivity index (χ2v) is 6.38. The largest absolute Gasteiger partial charge is 0.416 e. The van der Waals surface area contributed by atoms with Gasteiger partial charge >= 0.3 is 6.18 Å². The Labute approximate surface area is 138 Å². The molecule has 0 saturated carbocycles. The summed E-state index contributed by atoms with van der Waals surface area (Å²) in [6, 6.07) is 4.16. The van der Waals surface area contributed by atoms with E-state index in [2.05, 4.69) is 0 Å². The van der Waals surface area contributed by atoms with Crippen LogP contribution in [-0.2, 0) is 10.9 Å². The fourth-order valence-corrected chi connectivity index (χ4v) is 3.57. The lowest BCUT2D eigenvalue weighted by Crippen LogP contribution is -2.48. The van der Waals surface area contributed by atoms with Gasteiger partial charge in [-0.05, 0) is 43.5 Å². The lowest BCUT2D eigenvalue weighted by atomic mass is 9.89. The standard InChI is InChI=1S/C17H20F3NO3/c18-17(19,20)12-5-3-11(4-6-12)16(23)21-8-1-2-14(21)13-10-24-9-7-15(13)22/h3-6,13-15,22H,1-2,7-10H2. The molecular weight excluding hydrogens is 323 g/mol. The van der Waals surface area contributed by atoms with Crippen LogP contribution in [0.5, 0.6) is 0 Å². The summed E-state index contributed by atoms with van der Waals surface area (Å²) in [4.78, 5) is 14.4. The topological polar surface area (TPSA) is 49.8 Å². The molecule has 0 spiro atoms. The summed E-state index contributed by atoms with van der Waals surface area (Å²) >= 11 is 0. The number of halogens is 3. The van der Waals surface area contributed by atoms with E-state index in [4.69, 9.17) is 4.74 Å². The van der Waals surface area contributed by atoms with Crippen LogP contribution in [-0.4, -0.2) is 47.8 Å². The van der Waals surface area contributed by atoms with Crippen molar-refractivity contribution in [2.75, 3.05) is 19.8 Å². The van der Waals surface area contributed by atoms with Gasteiger partial charge < -0.3 is 14.7 Å². The summed E-state index contributed by atoms with van der Waals surface area (Å²) in [6.07, 6.45) is -2.78. The number of alkyl halides is 3. The molecule has 1 N–H and O–H groups in total. The van der Waals surface area contributed by atoms with Crippen LogP contribution in [0, 0.1) is 5.92 Å². The summed E-state index contributed by atoms with van der Waals surface area (Å²) in [6.45, 7) is 1.47. The predicted octanol–water partition coefficient (Wildman–Crippen LogP) is 2.71. The molecule has 0 bridgehead atoms. The molecule has 2 fully saturated rings. The first-order chi connectivity index (χ1) is 11.4. The zero-order valence-electron chi connectivity index (χ0n) is 13.1. The number of ether oxygens (including phenoxy) is 1. The first-order valence-corrected chi connectivity index (χ1v) is 8.12. The van der Waals surface area contributed by atoms with Crippen molar-refractivity contribution in [1.29, 1.82) is 0 Å². The number of carbonyl (C=O) groups is 1. The third-order valence-corrected chi connectivity index (χ3v) is 4.88. The minimum absolute atomic E-state index is 0.130. The minimum atomic E-state index is -4.42. The Morgan fingerprint density at radius 2 is 1.92 bits per heavy atom. The smallest absolute Gasteiger partial charge is 0.393 e. The number of hydrogen-bond acceptors (Lipinski definition) is 3. The van der Waals surface area contributed by atoms with Crippen LogP contribution >= 0.6 is 0 Å². The molecular formula is C17H20F3NO3. The van der Waals surface area contributed by atoms with Crippen molar-refractivity contribution in [2.45, 2.75) is 37.6 Å². The number of carbonyl (C=O) groups excluding carboxylic acids is 1. The Hall–Kier alpha value is -1.60. The Balaban J connectivity index is 1.76. The molecule has 0 radical (unpaired) electrons. The van der Waals surface area contributed by atoms with E-state index in [1.807, 2.05) is 0 Å². The number of nitrogens with zero attached hydrogens (tertiary/aromatic N) is 1. The normalized spacial score (nSPS) is 28.2. The van der Waals surface area contributed by atoms with E-state index < -0.39 is 17.8 Å². The average molecular weight is 343 g/mol. The van der Waals surface area contributed by atoms with Crippen LogP contribution in [0.15, 0.2) is 24.3 Å². The molecule has 0 aromatic heterocycles. The molecule has 7 heteroatoms. The van der Waals surface area contributed by atoms with Gasteiger partial charge in [-0.1, -0.05) is 0 Å². The highest BCUT2D eigenvalue weighted by Gasteiger charge is 2.40. The summed E-state index contributed by atoms with van der Waals surface area (Å²) < 4.78 is 43.3. The van der Waals surface area contributed by atoms with Crippen LogP contribution in [0.25, 0.3) is 0 Å². The van der Waals surface area contributed by atoms with Crippen LogP contribution in [0.1, 0.15) is 35.2 Å². The van der Waals surface area contributed by atoms with Gasteiger partial charge in [-0.2, -0.15) is 13.2 Å². The Morgan fingerprint density at radius 3 is 2.54 bits per heavy atom. The highest BCUT2D eigenvalue weighted by Crippen LogP contribution is 2.32. The number of benzene rings is 1. The zero-order chi connectivity index (χ0) is 17.3. The number of amides is 1. The summed E-state index contributed by atoms with van der Waals surface area (Å²) in [7, 11) is 0. The average Bonchev–Trinajstić information content (AvgIpc) is 3.03. The molecule has 3 unspecified atom stereocenters. The van der Waals surface area contributed by atoms with Crippen molar-refractivity contribution in [1.82, 2.24) is 4.90 Å². The molecule has 3 rings (SSSR count). The van der Waals surface area contributed by atoms with Crippen molar-refractivity contribution in [3.8, 4) is 0 Å². The third kappa shape index (κ3) is 3.42. The molecule has 1 aromatic rings. The molecule has 3 atom stereocenters. The molecule has 1 amide bonds. The van der Waals surface area contributed by atoms with Crippen molar-refractivity contribution >= 4 is 5.91 Å². The molecule has 2 aliphatic heterocycles. The van der Waals surface area contributed by atoms with E-state index in [1.54, 1.807) is 4.90 Å². The molecule has 132 valence electrons. The van der Waals surface area contributed by atoms with Crippen molar-refractivity contribution < 1.29 is 27.8 Å². The van der Waals surface area contributed by atoms with Crippen LogP contribution in [0.2, 0.25) is 0 Å². The quantitative estimate of drug-likeness (QED) is 0.898. The maximum absolute atomic E-state index is 12.7. The Kier molecular flexibility index (Phi) is 4.83. The fourth-order valence-electron chi connectivity index (χ4n) is 3.57. The van der Waals surface area contributed by atoms with Crippen molar-refractivity contribution in [3.63, 3.8) is 0 Å². The lowest BCUT2D eigenvalue weighted by Gasteiger charge is -2.37. The molecule has 0 aliphatic carbocycles. The van der Waals surface area contributed by atoms with Gasteiger partial charge in [0.2, 0.25) is 0 Å². The number of hydrogen-bond donors (Lipinski definition) is 1. The third-order valence-electron chi connectivity index (χ3n) is 4.88. The van der Waals surface area contributed by atoms with E-state index >= 15 is 0 Å². The monoisotopic (exact) mass is 343 g/mol. The Bertz CT molecular complexity index is 588. The maximum atomic E-state index is 12.7. The van der Waals surface area contributed by atoms with Gasteiger partial charge in [0.15, 0.2) is 0 Å². The predicted molar refractivity (Wildman–Crippen MR) is 80.4 cm³/mol. The second-order valence-electron chi connectivity index (χ2n) is 6.38. The summed E-state index contributed by atoms with van der Waals surface area (Å²) in [5, 5.41) is 10.2. The van der Waals surface area contributed by atoms with E-state index in [1.165, 1.54) is 12.1 Å². The minimum Gasteiger partial charge on any atom is -0.393 e. The molecule has 2 heterocycles. The number of aliphatic hydroxyl groups is 1. The van der Waals surface area contributed by atoms with E-state index in [9.17, 15) is 23.1 Å². The lowest BCUT2D eigenvalue weighted by molar-refractivity contribution is -0.137. The summed E-state index contributed by atoms with van der Waals surface area (Å²) in [5.41, 5.74) is -0.533. The number of likely N-dealkylation sites (tertiary alicyclic amines) is 1. The maximum Gasteiger partial charge on any atom is 0.416 e. The first kappa shape index (κ1) is 17.2. The van der Waals surface area contributed by atoms with Crippen LogP contribution in [0.3, 0.4) is 0 Å². The highest BCUT2D eigenvalue weighted by molar-refractivity contribution is 5.94. The van der Waals surface area contributed by atoms with E-state index in [0.717, 1.165) is 25.0 Å². The highest BCUT2D eigenvalue weighted by atomic mass is 19.4. The van der Waals surface area contributed by atoms with Gasteiger partial charge in [0.25, 0.3) is 5.91 Å². The van der Waals surface area contributed by atoms with Gasteiger partial charge in [-0.25, -0.2) is 0 Å². The van der Waals surface area contributed by atoms with Crippen LogP contribution < -0.4 is 0 Å². The number of rotatable bonds is 2. The van der Waals surface area contributed by atoms with Gasteiger partial charge in [0.05, 0.1) is 18.3 Å². The molecule has 2 saturated heterocycles. The van der Waals surface area contributed by atoms with Gasteiger partial charge in [0.1, 0.15) is 0 Å². The summed E-state index contributed by atoms with van der Waals surface area (Å²) in [5.74, 6) is -0.427.